The zero-order valence-electron chi connectivity index (χ0n) is 14.4. The first-order valence-electron chi connectivity index (χ1n) is 8.26. The highest BCUT2D eigenvalue weighted by atomic mass is 35.5. The fourth-order valence-corrected chi connectivity index (χ4v) is 5.51. The quantitative estimate of drug-likeness (QED) is 0.829. The smallest absolute Gasteiger partial charge is 0.283 e. The summed E-state index contributed by atoms with van der Waals surface area (Å²) in [5.41, 5.74) is 0.909. The molecule has 1 aromatic rings. The average Bonchev–Trinajstić information content (AvgIpc) is 2.57. The van der Waals surface area contributed by atoms with Crippen molar-refractivity contribution < 1.29 is 13.2 Å². The molecule has 3 atom stereocenters. The van der Waals surface area contributed by atoms with Gasteiger partial charge in [0.25, 0.3) is 10.2 Å². The zero-order valence-corrected chi connectivity index (χ0v) is 16.8. The van der Waals surface area contributed by atoms with Crippen molar-refractivity contribution >= 4 is 34.2 Å². The Balaban J connectivity index is 0.00000225. The number of piperazine rings is 1. The van der Waals surface area contributed by atoms with Crippen molar-refractivity contribution in [3.63, 3.8) is 0 Å². The topological polar surface area (TPSA) is 61.9 Å². The van der Waals surface area contributed by atoms with Gasteiger partial charge in [-0.2, -0.15) is 17.0 Å². The molecule has 9 heteroatoms. The summed E-state index contributed by atoms with van der Waals surface area (Å²) >= 11 is 6.10. The van der Waals surface area contributed by atoms with Gasteiger partial charge in [-0.25, -0.2) is 0 Å². The van der Waals surface area contributed by atoms with Crippen LogP contribution in [-0.2, 0) is 14.9 Å². The Bertz CT molecular complexity index is 689. The molecule has 2 saturated heterocycles. The molecule has 2 aliphatic rings. The molecule has 1 N–H and O–H groups in total. The lowest BCUT2D eigenvalue weighted by molar-refractivity contribution is -0.0198. The summed E-state index contributed by atoms with van der Waals surface area (Å²) < 4.78 is 35.4. The van der Waals surface area contributed by atoms with Crippen molar-refractivity contribution in [3.8, 4) is 0 Å². The van der Waals surface area contributed by atoms with Crippen LogP contribution < -0.4 is 5.32 Å². The maximum atomic E-state index is 13.3. The molecule has 3 unspecified atom stereocenters. The van der Waals surface area contributed by atoms with Crippen molar-refractivity contribution in [2.75, 3.05) is 32.8 Å². The SMILES string of the molecule is CC1CN(S(=O)(=O)N2CCNCC2c2cccc(Cl)c2)C(C)CO1.Cl. The molecule has 0 aliphatic carbocycles. The number of nitrogens with one attached hydrogen (secondary N) is 1. The maximum Gasteiger partial charge on any atom is 0.283 e. The van der Waals surface area contributed by atoms with Crippen molar-refractivity contribution in [3.05, 3.63) is 34.9 Å². The van der Waals surface area contributed by atoms with E-state index in [2.05, 4.69) is 5.32 Å². The second-order valence-electron chi connectivity index (χ2n) is 6.46. The van der Waals surface area contributed by atoms with Crippen LogP contribution in [0.25, 0.3) is 0 Å². The van der Waals surface area contributed by atoms with Crippen LogP contribution in [0.2, 0.25) is 5.02 Å². The number of benzene rings is 1. The molecule has 2 fully saturated rings. The summed E-state index contributed by atoms with van der Waals surface area (Å²) in [6, 6.07) is 7.00. The van der Waals surface area contributed by atoms with Crippen LogP contribution in [-0.4, -0.2) is 62.0 Å². The highest BCUT2D eigenvalue weighted by Crippen LogP contribution is 2.30. The van der Waals surface area contributed by atoms with E-state index in [4.69, 9.17) is 16.3 Å². The molecule has 0 radical (unpaired) electrons. The van der Waals surface area contributed by atoms with Gasteiger partial charge in [0.05, 0.1) is 18.8 Å². The standard InChI is InChI=1S/C16H24ClN3O3S.ClH/c1-12-11-23-13(2)10-20(12)24(21,22)19-7-6-18-9-16(19)14-4-3-5-15(17)8-14;/h3-5,8,12-13,16,18H,6-7,9-11H2,1-2H3;1H. The van der Waals surface area contributed by atoms with E-state index < -0.39 is 10.2 Å². The molecule has 1 aromatic carbocycles. The summed E-state index contributed by atoms with van der Waals surface area (Å²) in [5.74, 6) is 0. The molecule has 0 bridgehead atoms. The monoisotopic (exact) mass is 409 g/mol. The summed E-state index contributed by atoms with van der Waals surface area (Å²) in [7, 11) is -3.57. The van der Waals surface area contributed by atoms with E-state index in [0.29, 0.717) is 37.8 Å². The van der Waals surface area contributed by atoms with E-state index in [9.17, 15) is 8.42 Å². The first-order valence-corrected chi connectivity index (χ1v) is 10.0. The third-order valence-corrected chi connectivity index (χ3v) is 6.94. The molecule has 2 aliphatic heterocycles. The molecule has 25 heavy (non-hydrogen) atoms. The normalized spacial score (nSPS) is 29.2. The number of halogens is 2. The lowest BCUT2D eigenvalue weighted by Crippen LogP contribution is -2.58. The van der Waals surface area contributed by atoms with E-state index in [1.165, 1.54) is 0 Å². The first kappa shape index (κ1) is 20.9. The second kappa shape index (κ2) is 8.52. The van der Waals surface area contributed by atoms with Crippen LogP contribution in [0.4, 0.5) is 0 Å². The molecular weight excluding hydrogens is 385 g/mol. The largest absolute Gasteiger partial charge is 0.375 e. The van der Waals surface area contributed by atoms with Gasteiger partial charge in [0.2, 0.25) is 0 Å². The van der Waals surface area contributed by atoms with Gasteiger partial charge >= 0.3 is 0 Å². The van der Waals surface area contributed by atoms with Crippen LogP contribution in [0.1, 0.15) is 25.5 Å². The van der Waals surface area contributed by atoms with Gasteiger partial charge in [-0.05, 0) is 31.5 Å². The van der Waals surface area contributed by atoms with Crippen molar-refractivity contribution in [1.82, 2.24) is 13.9 Å². The molecule has 0 spiro atoms. The van der Waals surface area contributed by atoms with Gasteiger partial charge in [0.1, 0.15) is 0 Å². The number of hydrogen-bond acceptors (Lipinski definition) is 4. The second-order valence-corrected chi connectivity index (χ2v) is 8.73. The molecule has 142 valence electrons. The Kier molecular flexibility index (Phi) is 7.12. The molecule has 2 heterocycles. The highest BCUT2D eigenvalue weighted by Gasteiger charge is 2.41. The third kappa shape index (κ3) is 4.47. The van der Waals surface area contributed by atoms with Crippen molar-refractivity contribution in [2.24, 2.45) is 0 Å². The Morgan fingerprint density at radius 2 is 2.04 bits per heavy atom. The van der Waals surface area contributed by atoms with E-state index in [1.54, 1.807) is 14.7 Å². The van der Waals surface area contributed by atoms with Crippen LogP contribution in [0.15, 0.2) is 24.3 Å². The van der Waals surface area contributed by atoms with E-state index in [1.807, 2.05) is 32.0 Å². The van der Waals surface area contributed by atoms with E-state index in [0.717, 1.165) is 5.56 Å². The molecular formula is C16H25Cl2N3O3S. The lowest BCUT2D eigenvalue weighted by Gasteiger charge is -2.42. The minimum absolute atomic E-state index is 0. The predicted octanol–water partition coefficient (Wildman–Crippen LogP) is 2.06. The van der Waals surface area contributed by atoms with Crippen molar-refractivity contribution in [2.45, 2.75) is 32.0 Å². The minimum Gasteiger partial charge on any atom is -0.375 e. The zero-order chi connectivity index (χ0) is 17.3. The highest BCUT2D eigenvalue weighted by molar-refractivity contribution is 7.86. The van der Waals surface area contributed by atoms with Gasteiger partial charge < -0.3 is 10.1 Å². The fourth-order valence-electron chi connectivity index (χ4n) is 3.29. The Morgan fingerprint density at radius 3 is 2.76 bits per heavy atom. The summed E-state index contributed by atoms with van der Waals surface area (Å²) in [6.45, 7) is 6.26. The third-order valence-electron chi connectivity index (χ3n) is 4.57. The minimum atomic E-state index is -3.57. The van der Waals surface area contributed by atoms with Crippen LogP contribution >= 0.6 is 24.0 Å². The Morgan fingerprint density at radius 1 is 1.28 bits per heavy atom. The van der Waals surface area contributed by atoms with Gasteiger partial charge in [-0.3, -0.25) is 0 Å². The molecule has 6 nitrogen and oxygen atoms in total. The summed E-state index contributed by atoms with van der Waals surface area (Å²) in [4.78, 5) is 0. The first-order chi connectivity index (χ1) is 11.4. The predicted molar refractivity (Wildman–Crippen MR) is 102 cm³/mol. The van der Waals surface area contributed by atoms with E-state index in [-0.39, 0.29) is 30.6 Å². The van der Waals surface area contributed by atoms with Gasteiger partial charge in [-0.15, -0.1) is 12.4 Å². The number of morpholine rings is 1. The number of rotatable bonds is 3. The van der Waals surface area contributed by atoms with Gasteiger partial charge in [0, 0.05) is 37.2 Å². The maximum absolute atomic E-state index is 13.3. The molecule has 0 aromatic heterocycles. The lowest BCUT2D eigenvalue weighted by atomic mass is 10.1. The summed E-state index contributed by atoms with van der Waals surface area (Å²) in [5, 5.41) is 3.90. The molecule has 0 amide bonds. The number of ether oxygens (including phenoxy) is 1. The van der Waals surface area contributed by atoms with Crippen LogP contribution in [0.5, 0.6) is 0 Å². The summed E-state index contributed by atoms with van der Waals surface area (Å²) in [6.07, 6.45) is -0.0940. The van der Waals surface area contributed by atoms with Gasteiger partial charge in [0.15, 0.2) is 0 Å². The average molecular weight is 410 g/mol. The van der Waals surface area contributed by atoms with Crippen LogP contribution in [0, 0.1) is 0 Å². The van der Waals surface area contributed by atoms with Gasteiger partial charge in [-0.1, -0.05) is 23.7 Å². The Labute approximate surface area is 161 Å². The van der Waals surface area contributed by atoms with E-state index >= 15 is 0 Å². The van der Waals surface area contributed by atoms with Crippen LogP contribution in [0.3, 0.4) is 0 Å². The number of hydrogen-bond donors (Lipinski definition) is 1. The molecule has 3 rings (SSSR count). The fraction of sp³-hybridized carbons (Fsp3) is 0.625. The molecule has 0 saturated carbocycles. The van der Waals surface area contributed by atoms with Crippen molar-refractivity contribution in [1.29, 1.82) is 0 Å². The Hall–Kier alpha value is -0.410. The number of nitrogens with zero attached hydrogens (tertiary/aromatic N) is 2.